The Kier molecular flexibility index (Phi) is 6.86. The summed E-state index contributed by atoms with van der Waals surface area (Å²) in [7, 11) is 1.75. The van der Waals surface area contributed by atoms with E-state index >= 15 is 0 Å². The maximum Gasteiger partial charge on any atom is 0.217 e. The van der Waals surface area contributed by atoms with Crippen molar-refractivity contribution in [3.05, 3.63) is 65.2 Å². The average molecular weight is 325 g/mol. The predicted molar refractivity (Wildman–Crippen MR) is 98.3 cm³/mol. The maximum absolute atomic E-state index is 9.59. The Hall–Kier alpha value is -2.29. The molecule has 1 aliphatic rings. The standard InChI is InChI=1S/C18H20O.C3H7NO/c1-19-17-11-10-15-8-5-9-16(18(15)13-17)12-14-6-3-2-4-7-14;1-2-3(4)5/h2-4,6-7,10-11,13,16H,5,8-9,12H2,1H3;2H2,1H3,(H2,4,5)/t16-;/m1./s1. The van der Waals surface area contributed by atoms with Crippen LogP contribution >= 0.6 is 0 Å². The van der Waals surface area contributed by atoms with Crippen molar-refractivity contribution in [2.24, 2.45) is 5.73 Å². The van der Waals surface area contributed by atoms with Crippen LogP contribution in [-0.2, 0) is 17.6 Å². The number of carbonyl (C=O) groups excluding carboxylic acids is 1. The average Bonchev–Trinajstić information content (AvgIpc) is 2.63. The van der Waals surface area contributed by atoms with Gasteiger partial charge < -0.3 is 10.5 Å². The number of aryl methyl sites for hydroxylation is 1. The fourth-order valence-electron chi connectivity index (χ4n) is 3.11. The number of hydrogen-bond donors (Lipinski definition) is 1. The van der Waals surface area contributed by atoms with E-state index in [4.69, 9.17) is 4.74 Å². The first kappa shape index (κ1) is 18.1. The second kappa shape index (κ2) is 9.11. The molecule has 2 aromatic rings. The fraction of sp³-hybridized carbons (Fsp3) is 0.381. The van der Waals surface area contributed by atoms with Crippen molar-refractivity contribution in [2.75, 3.05) is 7.11 Å². The van der Waals surface area contributed by atoms with Crippen LogP contribution in [0.4, 0.5) is 0 Å². The predicted octanol–water partition coefficient (Wildman–Crippen LogP) is 4.24. The second-order valence-corrected chi connectivity index (χ2v) is 6.16. The number of hydrogen-bond acceptors (Lipinski definition) is 2. The number of carbonyl (C=O) groups is 1. The SMILES string of the molecule is CCC(N)=O.COc1ccc2c(c1)[C@@H](Cc1ccccc1)CCC2. The second-order valence-electron chi connectivity index (χ2n) is 6.16. The summed E-state index contributed by atoms with van der Waals surface area (Å²) in [6, 6.07) is 17.4. The summed E-state index contributed by atoms with van der Waals surface area (Å²) in [6.45, 7) is 1.72. The molecule has 0 radical (unpaired) electrons. The number of benzene rings is 2. The zero-order valence-electron chi connectivity index (χ0n) is 14.6. The van der Waals surface area contributed by atoms with Gasteiger partial charge in [0.1, 0.15) is 5.75 Å². The molecule has 2 aromatic carbocycles. The van der Waals surface area contributed by atoms with Crippen molar-refractivity contribution in [1.82, 2.24) is 0 Å². The summed E-state index contributed by atoms with van der Waals surface area (Å²) in [5.74, 6) is 1.38. The van der Waals surface area contributed by atoms with E-state index in [0.717, 1.165) is 12.2 Å². The van der Waals surface area contributed by atoms with Gasteiger partial charge in [-0.1, -0.05) is 43.3 Å². The summed E-state index contributed by atoms with van der Waals surface area (Å²) in [6.07, 6.45) is 5.39. The number of fused-ring (bicyclic) bond motifs is 1. The summed E-state index contributed by atoms with van der Waals surface area (Å²) in [4.78, 5) is 9.59. The molecule has 0 unspecified atom stereocenters. The molecule has 24 heavy (non-hydrogen) atoms. The van der Waals surface area contributed by atoms with Gasteiger partial charge in [-0.05, 0) is 60.4 Å². The van der Waals surface area contributed by atoms with Crippen LogP contribution in [0.25, 0.3) is 0 Å². The molecule has 1 aliphatic carbocycles. The third-order valence-electron chi connectivity index (χ3n) is 4.46. The van der Waals surface area contributed by atoms with Gasteiger partial charge in [0.05, 0.1) is 7.11 Å². The molecule has 128 valence electrons. The Balaban J connectivity index is 0.000000368. The minimum absolute atomic E-state index is 0.245. The van der Waals surface area contributed by atoms with E-state index in [1.807, 2.05) is 0 Å². The molecule has 0 fully saturated rings. The van der Waals surface area contributed by atoms with Crippen molar-refractivity contribution in [2.45, 2.75) is 44.9 Å². The van der Waals surface area contributed by atoms with E-state index in [9.17, 15) is 4.79 Å². The van der Waals surface area contributed by atoms with Gasteiger partial charge in [-0.2, -0.15) is 0 Å². The van der Waals surface area contributed by atoms with Gasteiger partial charge in [0.2, 0.25) is 5.91 Å². The van der Waals surface area contributed by atoms with Gasteiger partial charge in [-0.3, -0.25) is 4.79 Å². The number of rotatable bonds is 4. The van der Waals surface area contributed by atoms with Gasteiger partial charge in [0.15, 0.2) is 0 Å². The molecule has 1 amide bonds. The Bertz CT molecular complexity index is 652. The van der Waals surface area contributed by atoms with E-state index in [1.165, 1.54) is 36.0 Å². The molecule has 3 nitrogen and oxygen atoms in total. The minimum Gasteiger partial charge on any atom is -0.497 e. The highest BCUT2D eigenvalue weighted by atomic mass is 16.5. The van der Waals surface area contributed by atoms with Gasteiger partial charge in [0, 0.05) is 6.42 Å². The van der Waals surface area contributed by atoms with Crippen LogP contribution in [0.15, 0.2) is 48.5 Å². The summed E-state index contributed by atoms with van der Waals surface area (Å²) >= 11 is 0. The lowest BCUT2D eigenvalue weighted by Crippen LogP contribution is -2.12. The molecule has 0 saturated heterocycles. The lowest BCUT2D eigenvalue weighted by atomic mass is 9.79. The van der Waals surface area contributed by atoms with Crippen LogP contribution in [-0.4, -0.2) is 13.0 Å². The van der Waals surface area contributed by atoms with Crippen LogP contribution in [0.1, 0.15) is 48.8 Å². The van der Waals surface area contributed by atoms with Crippen molar-refractivity contribution >= 4 is 5.91 Å². The molecular weight excluding hydrogens is 298 g/mol. The van der Waals surface area contributed by atoms with Gasteiger partial charge >= 0.3 is 0 Å². The first-order valence-corrected chi connectivity index (χ1v) is 8.63. The zero-order valence-corrected chi connectivity index (χ0v) is 14.6. The topological polar surface area (TPSA) is 52.3 Å². The zero-order chi connectivity index (χ0) is 17.4. The Labute approximate surface area is 144 Å². The smallest absolute Gasteiger partial charge is 0.217 e. The van der Waals surface area contributed by atoms with Gasteiger partial charge in [-0.15, -0.1) is 0 Å². The molecule has 0 heterocycles. The lowest BCUT2D eigenvalue weighted by Gasteiger charge is -2.26. The summed E-state index contributed by atoms with van der Waals surface area (Å²) in [5, 5.41) is 0. The number of primary amides is 1. The third kappa shape index (κ3) is 5.12. The molecule has 3 rings (SSSR count). The summed E-state index contributed by atoms with van der Waals surface area (Å²) < 4.78 is 5.38. The lowest BCUT2D eigenvalue weighted by molar-refractivity contribution is -0.117. The van der Waals surface area contributed by atoms with Gasteiger partial charge in [0.25, 0.3) is 0 Å². The number of methoxy groups -OCH3 is 1. The van der Waals surface area contributed by atoms with Crippen LogP contribution in [0.3, 0.4) is 0 Å². The molecule has 3 heteroatoms. The summed E-state index contributed by atoms with van der Waals surface area (Å²) in [5.41, 5.74) is 9.09. The van der Waals surface area contributed by atoms with Crippen LogP contribution in [0.2, 0.25) is 0 Å². The molecule has 2 N–H and O–H groups in total. The van der Waals surface area contributed by atoms with Crippen molar-refractivity contribution < 1.29 is 9.53 Å². The van der Waals surface area contributed by atoms with E-state index in [1.54, 1.807) is 14.0 Å². The number of nitrogens with two attached hydrogens (primary N) is 1. The highest BCUT2D eigenvalue weighted by Crippen LogP contribution is 2.36. The third-order valence-corrected chi connectivity index (χ3v) is 4.46. The molecule has 0 aliphatic heterocycles. The van der Waals surface area contributed by atoms with E-state index in [2.05, 4.69) is 54.3 Å². The van der Waals surface area contributed by atoms with Crippen molar-refractivity contribution in [3.8, 4) is 5.75 Å². The molecule has 0 bridgehead atoms. The molecular formula is C21H27NO2. The van der Waals surface area contributed by atoms with Crippen molar-refractivity contribution in [3.63, 3.8) is 0 Å². The number of ether oxygens (including phenoxy) is 1. The molecule has 0 spiro atoms. The first-order chi connectivity index (χ1) is 11.6. The monoisotopic (exact) mass is 325 g/mol. The van der Waals surface area contributed by atoms with Gasteiger partial charge in [-0.25, -0.2) is 0 Å². The Morgan fingerprint density at radius 1 is 1.21 bits per heavy atom. The molecule has 1 atom stereocenters. The first-order valence-electron chi connectivity index (χ1n) is 8.63. The van der Waals surface area contributed by atoms with Crippen LogP contribution in [0, 0.1) is 0 Å². The highest BCUT2D eigenvalue weighted by Gasteiger charge is 2.20. The van der Waals surface area contributed by atoms with Crippen LogP contribution in [0.5, 0.6) is 5.75 Å². The van der Waals surface area contributed by atoms with E-state index in [-0.39, 0.29) is 5.91 Å². The minimum atomic E-state index is -0.245. The maximum atomic E-state index is 9.59. The quantitative estimate of drug-likeness (QED) is 0.914. The normalized spacial score (nSPS) is 15.7. The van der Waals surface area contributed by atoms with E-state index in [0.29, 0.717) is 12.3 Å². The largest absolute Gasteiger partial charge is 0.497 e. The Morgan fingerprint density at radius 2 is 1.92 bits per heavy atom. The highest BCUT2D eigenvalue weighted by molar-refractivity contribution is 5.73. The van der Waals surface area contributed by atoms with Crippen molar-refractivity contribution in [1.29, 1.82) is 0 Å². The Morgan fingerprint density at radius 3 is 2.54 bits per heavy atom. The fourth-order valence-corrected chi connectivity index (χ4v) is 3.11. The number of amides is 1. The van der Waals surface area contributed by atoms with E-state index < -0.39 is 0 Å². The molecule has 0 saturated carbocycles. The van der Waals surface area contributed by atoms with Crippen LogP contribution < -0.4 is 10.5 Å². The molecule has 0 aromatic heterocycles.